The van der Waals surface area contributed by atoms with Crippen LogP contribution in [-0.2, 0) is 14.9 Å². The molecule has 6 heteroatoms. The Bertz CT molecular complexity index is 456. The van der Waals surface area contributed by atoms with E-state index in [1.165, 1.54) is 58.0 Å². The third kappa shape index (κ3) is 10.9. The lowest BCUT2D eigenvalue weighted by atomic mass is 9.97. The summed E-state index contributed by atoms with van der Waals surface area (Å²) >= 11 is 0. The first kappa shape index (κ1) is 23.9. The van der Waals surface area contributed by atoms with Crippen LogP contribution >= 0.6 is 0 Å². The maximum atomic E-state index is 11.1. The Morgan fingerprint density at radius 3 is 2.00 bits per heavy atom. The van der Waals surface area contributed by atoms with Gasteiger partial charge in [-0.3, -0.25) is 4.55 Å². The lowest BCUT2D eigenvalue weighted by molar-refractivity contribution is -0.890. The summed E-state index contributed by atoms with van der Waals surface area (Å²) in [6, 6.07) is 0. The topological polar surface area (TPSA) is 63.6 Å². The molecule has 0 atom stereocenters. The lowest BCUT2D eigenvalue weighted by Crippen LogP contribution is -2.41. The molecule has 156 valence electrons. The molecule has 1 saturated carbocycles. The van der Waals surface area contributed by atoms with Crippen molar-refractivity contribution in [2.24, 2.45) is 0 Å². The van der Waals surface area contributed by atoms with Gasteiger partial charge in [0, 0.05) is 6.61 Å². The second-order valence-electron chi connectivity index (χ2n) is 8.64. The molecule has 0 radical (unpaired) electrons. The minimum Gasteiger partial charge on any atom is -0.378 e. The molecule has 1 N–H and O–H groups in total. The number of unbranched alkanes of at least 4 members (excludes halogenated alkanes) is 6. The summed E-state index contributed by atoms with van der Waals surface area (Å²) < 4.78 is 38.4. The summed E-state index contributed by atoms with van der Waals surface area (Å²) in [7, 11) is 0.779. The van der Waals surface area contributed by atoms with E-state index in [1.807, 2.05) is 0 Å². The van der Waals surface area contributed by atoms with Crippen LogP contribution in [0.1, 0.15) is 84.0 Å². The summed E-state index contributed by atoms with van der Waals surface area (Å²) in [5.74, 6) is 0. The summed E-state index contributed by atoms with van der Waals surface area (Å²) in [5, 5.41) is -0.581. The van der Waals surface area contributed by atoms with Crippen molar-refractivity contribution >= 4 is 10.1 Å². The molecule has 0 unspecified atom stereocenters. The third-order valence-electron chi connectivity index (χ3n) is 5.67. The first-order valence-electron chi connectivity index (χ1n) is 10.6. The third-order valence-corrected chi connectivity index (χ3v) is 6.98. The minimum absolute atomic E-state index is 0.165. The predicted molar refractivity (Wildman–Crippen MR) is 108 cm³/mol. The fourth-order valence-electron chi connectivity index (χ4n) is 3.82. The largest absolute Gasteiger partial charge is 0.378 e. The molecular formula is C20H42NO4S+. The van der Waals surface area contributed by atoms with Crippen molar-refractivity contribution in [2.45, 2.75) is 95.3 Å². The van der Waals surface area contributed by atoms with Gasteiger partial charge < -0.3 is 9.22 Å². The lowest BCUT2D eigenvalue weighted by Gasteiger charge is -2.30. The Labute approximate surface area is 161 Å². The number of rotatable bonds is 14. The predicted octanol–water partition coefficient (Wildman–Crippen LogP) is 4.42. The van der Waals surface area contributed by atoms with Gasteiger partial charge in [-0.2, -0.15) is 8.42 Å². The normalized spacial score (nSPS) is 21.8. The molecule has 0 heterocycles. The van der Waals surface area contributed by atoms with Gasteiger partial charge in [0.1, 0.15) is 0 Å². The first-order chi connectivity index (χ1) is 12.2. The van der Waals surface area contributed by atoms with E-state index in [2.05, 4.69) is 21.0 Å². The SMILES string of the molecule is CCCCCCCC[N+](C)(C)CCCCOC1CCC(S(=O)(=O)O)CC1. The smallest absolute Gasteiger partial charge is 0.267 e. The minimum atomic E-state index is -3.87. The monoisotopic (exact) mass is 392 g/mol. The van der Waals surface area contributed by atoms with Crippen molar-refractivity contribution in [3.8, 4) is 0 Å². The van der Waals surface area contributed by atoms with Crippen LogP contribution in [0.2, 0.25) is 0 Å². The van der Waals surface area contributed by atoms with E-state index in [9.17, 15) is 8.42 Å². The Hall–Kier alpha value is -0.170. The number of quaternary nitrogens is 1. The number of hydrogen-bond donors (Lipinski definition) is 1. The molecule has 1 rings (SSSR count). The highest BCUT2D eigenvalue weighted by Gasteiger charge is 2.29. The van der Waals surface area contributed by atoms with Crippen molar-refractivity contribution in [1.29, 1.82) is 0 Å². The fraction of sp³-hybridized carbons (Fsp3) is 1.00. The van der Waals surface area contributed by atoms with Crippen LogP contribution in [0.4, 0.5) is 0 Å². The molecule has 0 amide bonds. The molecule has 1 aliphatic rings. The van der Waals surface area contributed by atoms with E-state index >= 15 is 0 Å². The van der Waals surface area contributed by atoms with Crippen molar-refractivity contribution in [1.82, 2.24) is 0 Å². The molecule has 26 heavy (non-hydrogen) atoms. The quantitative estimate of drug-likeness (QED) is 0.270. The second kappa shape index (κ2) is 12.3. The second-order valence-corrected chi connectivity index (χ2v) is 10.3. The van der Waals surface area contributed by atoms with E-state index in [1.54, 1.807) is 0 Å². The van der Waals surface area contributed by atoms with Crippen molar-refractivity contribution in [2.75, 3.05) is 33.8 Å². The average molecular weight is 393 g/mol. The highest BCUT2D eigenvalue weighted by Crippen LogP contribution is 2.25. The van der Waals surface area contributed by atoms with Gasteiger partial charge in [0.05, 0.1) is 38.5 Å². The average Bonchev–Trinajstić information content (AvgIpc) is 2.57. The van der Waals surface area contributed by atoms with Crippen LogP contribution in [0.3, 0.4) is 0 Å². The Morgan fingerprint density at radius 1 is 0.885 bits per heavy atom. The van der Waals surface area contributed by atoms with Crippen molar-refractivity contribution < 1.29 is 22.2 Å². The fourth-order valence-corrected chi connectivity index (χ4v) is 4.69. The van der Waals surface area contributed by atoms with Crippen LogP contribution < -0.4 is 0 Å². The number of hydrogen-bond acceptors (Lipinski definition) is 3. The van der Waals surface area contributed by atoms with Crippen LogP contribution in [0.25, 0.3) is 0 Å². The maximum Gasteiger partial charge on any atom is 0.267 e. The van der Waals surface area contributed by atoms with Crippen LogP contribution in [0, 0.1) is 0 Å². The van der Waals surface area contributed by atoms with E-state index in [4.69, 9.17) is 9.29 Å². The zero-order valence-electron chi connectivity index (χ0n) is 17.3. The molecule has 0 aliphatic heterocycles. The van der Waals surface area contributed by atoms with Gasteiger partial charge in [0.25, 0.3) is 10.1 Å². The van der Waals surface area contributed by atoms with Gasteiger partial charge in [0.15, 0.2) is 0 Å². The summed E-state index contributed by atoms with van der Waals surface area (Å²) in [5.41, 5.74) is 0. The Morgan fingerprint density at radius 2 is 1.42 bits per heavy atom. The standard InChI is InChI=1S/C20H41NO4S/c1-4-5-6-7-8-9-16-21(2,3)17-10-11-18-25-19-12-14-20(15-13-19)26(22,23)24/h19-20H,4-18H2,1-3H3/p+1. The van der Waals surface area contributed by atoms with Crippen LogP contribution in [0.5, 0.6) is 0 Å². The van der Waals surface area contributed by atoms with Gasteiger partial charge in [-0.05, 0) is 51.4 Å². The van der Waals surface area contributed by atoms with Crippen molar-refractivity contribution in [3.05, 3.63) is 0 Å². The van der Waals surface area contributed by atoms with Gasteiger partial charge >= 0.3 is 0 Å². The summed E-state index contributed by atoms with van der Waals surface area (Å²) in [6.07, 6.45) is 13.0. The molecule has 1 fully saturated rings. The maximum absolute atomic E-state index is 11.1. The molecule has 0 aromatic rings. The highest BCUT2D eigenvalue weighted by molar-refractivity contribution is 7.86. The zero-order chi connectivity index (χ0) is 19.5. The van der Waals surface area contributed by atoms with Crippen molar-refractivity contribution in [3.63, 3.8) is 0 Å². The van der Waals surface area contributed by atoms with E-state index in [0.717, 1.165) is 30.4 Å². The van der Waals surface area contributed by atoms with E-state index in [0.29, 0.717) is 12.8 Å². The zero-order valence-corrected chi connectivity index (χ0v) is 18.1. The molecule has 0 saturated heterocycles. The van der Waals surface area contributed by atoms with Gasteiger partial charge in [0.2, 0.25) is 0 Å². The molecule has 0 aromatic carbocycles. The van der Waals surface area contributed by atoms with E-state index < -0.39 is 15.4 Å². The molecule has 1 aliphatic carbocycles. The molecule has 0 aromatic heterocycles. The highest BCUT2D eigenvalue weighted by atomic mass is 32.2. The summed E-state index contributed by atoms with van der Waals surface area (Å²) in [6.45, 7) is 5.47. The van der Waals surface area contributed by atoms with Gasteiger partial charge in [-0.25, -0.2) is 0 Å². The molecule has 5 nitrogen and oxygen atoms in total. The molecular weight excluding hydrogens is 350 g/mol. The van der Waals surface area contributed by atoms with Crippen LogP contribution in [-0.4, -0.2) is 62.6 Å². The Kier molecular flexibility index (Phi) is 11.3. The van der Waals surface area contributed by atoms with Gasteiger partial charge in [-0.1, -0.05) is 32.6 Å². The Balaban J connectivity index is 2.02. The van der Waals surface area contributed by atoms with E-state index in [-0.39, 0.29) is 6.10 Å². The number of nitrogens with zero attached hydrogens (tertiary/aromatic N) is 1. The summed E-state index contributed by atoms with van der Waals surface area (Å²) in [4.78, 5) is 0. The molecule has 0 spiro atoms. The van der Waals surface area contributed by atoms with Gasteiger partial charge in [-0.15, -0.1) is 0 Å². The molecule has 0 bridgehead atoms. The first-order valence-corrected chi connectivity index (χ1v) is 12.1. The number of ether oxygens (including phenoxy) is 1. The van der Waals surface area contributed by atoms with Crippen LogP contribution in [0.15, 0.2) is 0 Å².